The van der Waals surface area contributed by atoms with E-state index in [9.17, 15) is 0 Å². The molecule has 0 aliphatic carbocycles. The zero-order valence-corrected chi connectivity index (χ0v) is 12.2. The smallest absolute Gasteiger partial charge is 0.185 e. The van der Waals surface area contributed by atoms with E-state index in [0.29, 0.717) is 6.04 Å². The van der Waals surface area contributed by atoms with Gasteiger partial charge < -0.3 is 10.2 Å². The average Bonchev–Trinajstić information content (AvgIpc) is 2.95. The van der Waals surface area contributed by atoms with Gasteiger partial charge >= 0.3 is 0 Å². The Hall–Kier alpha value is -0.300. The van der Waals surface area contributed by atoms with Crippen LogP contribution in [0.25, 0.3) is 0 Å². The Morgan fingerprint density at radius 3 is 2.89 bits per heavy atom. The predicted octanol–water partition coefficient (Wildman–Crippen LogP) is 0.970. The summed E-state index contributed by atoms with van der Waals surface area (Å²) in [5, 5.41) is 6.86. The van der Waals surface area contributed by atoms with E-state index in [1.807, 2.05) is 6.20 Å². The van der Waals surface area contributed by atoms with Crippen LogP contribution in [0.2, 0.25) is 0 Å². The minimum atomic E-state index is 0.690. The van der Waals surface area contributed by atoms with Crippen molar-refractivity contribution in [3.8, 4) is 0 Å². The number of thioether (sulfide) groups is 1. The molecule has 0 bridgehead atoms. The lowest BCUT2D eigenvalue weighted by Crippen LogP contribution is -2.52. The van der Waals surface area contributed by atoms with Crippen LogP contribution >= 0.6 is 23.1 Å². The fourth-order valence-electron chi connectivity index (χ4n) is 2.54. The van der Waals surface area contributed by atoms with Crippen LogP contribution in [-0.4, -0.2) is 66.7 Å². The van der Waals surface area contributed by atoms with Gasteiger partial charge in [-0.25, -0.2) is 4.98 Å². The molecule has 18 heavy (non-hydrogen) atoms. The third kappa shape index (κ3) is 3.17. The number of nitrogens with one attached hydrogen (secondary N) is 1. The van der Waals surface area contributed by atoms with Crippen LogP contribution in [0.5, 0.6) is 0 Å². The van der Waals surface area contributed by atoms with Crippen molar-refractivity contribution in [1.82, 2.24) is 15.2 Å². The van der Waals surface area contributed by atoms with Gasteiger partial charge in [0.1, 0.15) is 0 Å². The summed E-state index contributed by atoms with van der Waals surface area (Å²) in [4.78, 5) is 9.39. The molecule has 3 rings (SSSR count). The Balaban J connectivity index is 1.45. The summed E-state index contributed by atoms with van der Waals surface area (Å²) in [7, 11) is 0. The van der Waals surface area contributed by atoms with Crippen LogP contribution in [0.4, 0.5) is 5.13 Å². The Morgan fingerprint density at radius 2 is 2.22 bits per heavy atom. The maximum Gasteiger partial charge on any atom is 0.185 e. The molecule has 1 N–H and O–H groups in total. The van der Waals surface area contributed by atoms with Crippen LogP contribution in [-0.2, 0) is 0 Å². The number of rotatable bonds is 3. The normalized spacial score (nSPS) is 26.4. The SMILES string of the molecule is c1csc(N2CCN(CC3CSCCN3)CC2)n1. The van der Waals surface area contributed by atoms with Crippen molar-refractivity contribution < 1.29 is 0 Å². The summed E-state index contributed by atoms with van der Waals surface area (Å²) in [6.45, 7) is 6.96. The monoisotopic (exact) mass is 284 g/mol. The van der Waals surface area contributed by atoms with E-state index in [2.05, 4.69) is 37.2 Å². The zero-order valence-electron chi connectivity index (χ0n) is 10.5. The highest BCUT2D eigenvalue weighted by atomic mass is 32.2. The molecule has 2 aliphatic heterocycles. The molecule has 2 fully saturated rings. The first-order valence-electron chi connectivity index (χ1n) is 6.60. The lowest BCUT2D eigenvalue weighted by molar-refractivity contribution is 0.235. The topological polar surface area (TPSA) is 31.4 Å². The molecule has 4 nitrogen and oxygen atoms in total. The molecular formula is C12H20N4S2. The molecule has 2 saturated heterocycles. The first-order valence-corrected chi connectivity index (χ1v) is 8.63. The number of hydrogen-bond donors (Lipinski definition) is 1. The number of anilines is 1. The molecule has 1 aromatic heterocycles. The second-order valence-electron chi connectivity index (χ2n) is 4.83. The number of nitrogens with zero attached hydrogens (tertiary/aromatic N) is 3. The van der Waals surface area contributed by atoms with E-state index in [-0.39, 0.29) is 0 Å². The summed E-state index contributed by atoms with van der Waals surface area (Å²) in [5.74, 6) is 2.54. The molecule has 100 valence electrons. The van der Waals surface area contributed by atoms with E-state index >= 15 is 0 Å². The maximum absolute atomic E-state index is 4.39. The molecular weight excluding hydrogens is 264 g/mol. The molecule has 1 aromatic rings. The van der Waals surface area contributed by atoms with Gasteiger partial charge in [-0.05, 0) is 0 Å². The van der Waals surface area contributed by atoms with Gasteiger partial charge in [0.15, 0.2) is 5.13 Å². The third-order valence-corrected chi connectivity index (χ3v) is 5.50. The summed E-state index contributed by atoms with van der Waals surface area (Å²) in [5.41, 5.74) is 0. The van der Waals surface area contributed by atoms with E-state index in [0.717, 1.165) is 13.1 Å². The number of hydrogen-bond acceptors (Lipinski definition) is 6. The molecule has 6 heteroatoms. The molecule has 0 spiro atoms. The highest BCUT2D eigenvalue weighted by molar-refractivity contribution is 7.99. The van der Waals surface area contributed by atoms with Gasteiger partial charge in [0.2, 0.25) is 0 Å². The fraction of sp³-hybridized carbons (Fsp3) is 0.750. The number of thiazole rings is 1. The van der Waals surface area contributed by atoms with Crippen molar-refractivity contribution in [2.45, 2.75) is 6.04 Å². The first-order chi connectivity index (χ1) is 8.92. The van der Waals surface area contributed by atoms with Crippen molar-refractivity contribution in [2.24, 2.45) is 0 Å². The first kappa shape index (κ1) is 12.7. The van der Waals surface area contributed by atoms with Gasteiger partial charge in [-0.15, -0.1) is 11.3 Å². The van der Waals surface area contributed by atoms with Crippen molar-refractivity contribution in [1.29, 1.82) is 0 Å². The van der Waals surface area contributed by atoms with Gasteiger partial charge in [-0.2, -0.15) is 11.8 Å². The van der Waals surface area contributed by atoms with Crippen molar-refractivity contribution in [2.75, 3.05) is 55.7 Å². The summed E-state index contributed by atoms with van der Waals surface area (Å²) in [6, 6.07) is 0.690. The molecule has 0 radical (unpaired) electrons. The van der Waals surface area contributed by atoms with Crippen LogP contribution in [0.1, 0.15) is 0 Å². The maximum atomic E-state index is 4.39. The van der Waals surface area contributed by atoms with Crippen molar-refractivity contribution in [3.05, 3.63) is 11.6 Å². The van der Waals surface area contributed by atoms with Gasteiger partial charge in [0, 0.05) is 68.4 Å². The molecule has 0 amide bonds. The van der Waals surface area contributed by atoms with Gasteiger partial charge in [-0.3, -0.25) is 4.90 Å². The quantitative estimate of drug-likeness (QED) is 0.894. The standard InChI is InChI=1S/C12H20N4S2/c1-7-17-10-11(13-1)9-15-3-5-16(6-4-15)12-14-2-8-18-12/h2,8,11,13H,1,3-7,9-10H2. The van der Waals surface area contributed by atoms with E-state index < -0.39 is 0 Å². The third-order valence-electron chi connectivity index (χ3n) is 3.54. The molecule has 0 aromatic carbocycles. The second-order valence-corrected chi connectivity index (χ2v) is 6.85. The molecule has 1 atom stereocenters. The highest BCUT2D eigenvalue weighted by Crippen LogP contribution is 2.19. The Morgan fingerprint density at radius 1 is 1.33 bits per heavy atom. The van der Waals surface area contributed by atoms with Gasteiger partial charge in [0.05, 0.1) is 0 Å². The average molecular weight is 284 g/mol. The van der Waals surface area contributed by atoms with E-state index in [4.69, 9.17) is 0 Å². The minimum absolute atomic E-state index is 0.690. The second kappa shape index (κ2) is 6.23. The summed E-state index contributed by atoms with van der Waals surface area (Å²) in [6.07, 6.45) is 1.90. The zero-order chi connectivity index (χ0) is 12.2. The highest BCUT2D eigenvalue weighted by Gasteiger charge is 2.22. The van der Waals surface area contributed by atoms with Crippen LogP contribution in [0, 0.1) is 0 Å². The lowest BCUT2D eigenvalue weighted by atomic mass is 10.2. The van der Waals surface area contributed by atoms with Crippen LogP contribution < -0.4 is 10.2 Å². The predicted molar refractivity (Wildman–Crippen MR) is 79.9 cm³/mol. The number of aromatic nitrogens is 1. The van der Waals surface area contributed by atoms with Gasteiger partial charge in [0.25, 0.3) is 0 Å². The summed E-state index contributed by atoms with van der Waals surface area (Å²) >= 11 is 3.83. The number of piperazine rings is 1. The van der Waals surface area contributed by atoms with Gasteiger partial charge in [-0.1, -0.05) is 0 Å². The minimum Gasteiger partial charge on any atom is -0.346 e. The Labute approximate surface area is 117 Å². The Kier molecular flexibility index (Phi) is 4.40. The molecule has 3 heterocycles. The van der Waals surface area contributed by atoms with Crippen LogP contribution in [0.3, 0.4) is 0 Å². The van der Waals surface area contributed by atoms with Crippen molar-refractivity contribution in [3.63, 3.8) is 0 Å². The van der Waals surface area contributed by atoms with E-state index in [1.165, 1.54) is 42.8 Å². The largest absolute Gasteiger partial charge is 0.346 e. The van der Waals surface area contributed by atoms with E-state index in [1.54, 1.807) is 11.3 Å². The summed E-state index contributed by atoms with van der Waals surface area (Å²) < 4.78 is 0. The fourth-order valence-corrected chi connectivity index (χ4v) is 4.18. The lowest BCUT2D eigenvalue weighted by Gasteiger charge is -2.37. The molecule has 2 aliphatic rings. The van der Waals surface area contributed by atoms with Crippen LogP contribution in [0.15, 0.2) is 11.6 Å². The molecule has 1 unspecified atom stereocenters. The molecule has 0 saturated carbocycles. The van der Waals surface area contributed by atoms with Crippen molar-refractivity contribution >= 4 is 28.2 Å². The Bertz CT molecular complexity index is 343.